The van der Waals surface area contributed by atoms with Crippen molar-refractivity contribution in [2.45, 2.75) is 25.2 Å². The highest BCUT2D eigenvalue weighted by molar-refractivity contribution is 7.92. The van der Waals surface area contributed by atoms with E-state index in [-0.39, 0.29) is 5.91 Å². The van der Waals surface area contributed by atoms with Crippen LogP contribution >= 0.6 is 23.2 Å². The van der Waals surface area contributed by atoms with Gasteiger partial charge in [-0.2, -0.15) is 0 Å². The maximum absolute atomic E-state index is 13.4. The number of sulfonamides is 1. The summed E-state index contributed by atoms with van der Waals surface area (Å²) in [6, 6.07) is 10.2. The molecular weight excluding hydrogens is 435 g/mol. The van der Waals surface area contributed by atoms with Crippen molar-refractivity contribution >= 4 is 50.5 Å². The van der Waals surface area contributed by atoms with Gasteiger partial charge in [0.15, 0.2) is 0 Å². The Morgan fingerprint density at radius 1 is 1.10 bits per heavy atom. The second kappa shape index (κ2) is 8.52. The Hall–Kier alpha value is -1.80. The highest BCUT2D eigenvalue weighted by atomic mass is 35.5. The van der Waals surface area contributed by atoms with Gasteiger partial charge in [-0.25, -0.2) is 8.42 Å². The number of benzene rings is 2. The van der Waals surface area contributed by atoms with Crippen LogP contribution in [0.5, 0.6) is 0 Å². The number of ether oxygens (including phenoxy) is 1. The van der Waals surface area contributed by atoms with Gasteiger partial charge < -0.3 is 10.1 Å². The molecule has 156 valence electrons. The first kappa shape index (κ1) is 21.9. The topological polar surface area (TPSA) is 84.5 Å². The lowest BCUT2D eigenvalue weighted by Gasteiger charge is -2.37. The first-order chi connectivity index (χ1) is 13.6. The molecule has 29 heavy (non-hydrogen) atoms. The van der Waals surface area contributed by atoms with E-state index in [1.807, 2.05) is 0 Å². The molecule has 1 fully saturated rings. The minimum absolute atomic E-state index is 0.223. The third kappa shape index (κ3) is 5.04. The molecule has 1 saturated heterocycles. The van der Waals surface area contributed by atoms with Crippen molar-refractivity contribution in [1.82, 2.24) is 0 Å². The highest BCUT2D eigenvalue weighted by Gasteiger charge is 2.43. The van der Waals surface area contributed by atoms with Crippen LogP contribution in [0.3, 0.4) is 0 Å². The number of rotatable bonds is 5. The zero-order chi connectivity index (χ0) is 21.2. The number of anilines is 2. The average Bonchev–Trinajstić information content (AvgIpc) is 2.64. The van der Waals surface area contributed by atoms with Crippen LogP contribution in [-0.2, 0) is 25.0 Å². The fraction of sp³-hybridized carbons (Fsp3) is 0.350. The van der Waals surface area contributed by atoms with Gasteiger partial charge in [0.25, 0.3) is 0 Å². The van der Waals surface area contributed by atoms with Gasteiger partial charge in [0.2, 0.25) is 15.9 Å². The summed E-state index contributed by atoms with van der Waals surface area (Å²) in [6.45, 7) is 2.65. The van der Waals surface area contributed by atoms with Gasteiger partial charge in [0.05, 0.1) is 17.4 Å². The second-order valence-corrected chi connectivity index (χ2v) is 9.77. The van der Waals surface area contributed by atoms with Gasteiger partial charge in [0.1, 0.15) is 0 Å². The Morgan fingerprint density at radius 2 is 1.79 bits per heavy atom. The molecule has 3 rings (SSSR count). The third-order valence-electron chi connectivity index (χ3n) is 5.02. The van der Waals surface area contributed by atoms with Gasteiger partial charge in [0, 0.05) is 28.9 Å². The zero-order valence-electron chi connectivity index (χ0n) is 16.1. The minimum Gasteiger partial charge on any atom is -0.381 e. The summed E-state index contributed by atoms with van der Waals surface area (Å²) in [5, 5.41) is 3.85. The fourth-order valence-corrected chi connectivity index (χ4v) is 4.69. The van der Waals surface area contributed by atoms with E-state index >= 15 is 0 Å². The summed E-state index contributed by atoms with van der Waals surface area (Å²) in [5.41, 5.74) is 1.48. The fourth-order valence-electron chi connectivity index (χ4n) is 3.48. The van der Waals surface area contributed by atoms with Crippen LogP contribution in [-0.4, -0.2) is 33.8 Å². The first-order valence-electron chi connectivity index (χ1n) is 9.04. The SMILES string of the molecule is Cc1ccc(NC(=O)C2(c3ccc(Cl)cc3Cl)CCOCC2)cc1NS(C)(=O)=O. The van der Waals surface area contributed by atoms with Crippen molar-refractivity contribution in [3.05, 3.63) is 57.6 Å². The van der Waals surface area contributed by atoms with Crippen molar-refractivity contribution in [2.75, 3.05) is 29.5 Å². The molecule has 0 saturated carbocycles. The van der Waals surface area contributed by atoms with E-state index in [0.29, 0.717) is 53.0 Å². The largest absolute Gasteiger partial charge is 0.381 e. The number of nitrogens with one attached hydrogen (secondary N) is 2. The van der Waals surface area contributed by atoms with Crippen molar-refractivity contribution in [3.63, 3.8) is 0 Å². The summed E-state index contributed by atoms with van der Waals surface area (Å²) in [4.78, 5) is 13.4. The zero-order valence-corrected chi connectivity index (χ0v) is 18.4. The Morgan fingerprint density at radius 3 is 2.41 bits per heavy atom. The monoisotopic (exact) mass is 456 g/mol. The Labute approximate surface area is 180 Å². The van der Waals surface area contributed by atoms with Gasteiger partial charge in [-0.1, -0.05) is 35.3 Å². The molecule has 2 aromatic carbocycles. The van der Waals surface area contributed by atoms with Crippen molar-refractivity contribution in [1.29, 1.82) is 0 Å². The predicted molar refractivity (Wildman–Crippen MR) is 116 cm³/mol. The number of amides is 1. The molecule has 1 aliphatic rings. The Kier molecular flexibility index (Phi) is 6.43. The third-order valence-corrected chi connectivity index (χ3v) is 6.16. The smallest absolute Gasteiger partial charge is 0.235 e. The van der Waals surface area contributed by atoms with Crippen molar-refractivity contribution < 1.29 is 17.9 Å². The minimum atomic E-state index is -3.44. The van der Waals surface area contributed by atoms with Gasteiger partial charge in [-0.15, -0.1) is 0 Å². The number of halogens is 2. The molecule has 1 heterocycles. The number of carbonyl (C=O) groups is 1. The van der Waals surface area contributed by atoms with E-state index in [1.165, 1.54) is 0 Å². The molecule has 1 aliphatic heterocycles. The molecule has 2 N–H and O–H groups in total. The van der Waals surface area contributed by atoms with Gasteiger partial charge in [-0.05, 0) is 55.2 Å². The number of carbonyl (C=O) groups excluding carboxylic acids is 1. The summed E-state index contributed by atoms with van der Waals surface area (Å²) in [7, 11) is -3.44. The van der Waals surface area contributed by atoms with Crippen LogP contribution in [0.2, 0.25) is 10.0 Å². The first-order valence-corrected chi connectivity index (χ1v) is 11.7. The van der Waals surface area contributed by atoms with E-state index in [1.54, 1.807) is 43.3 Å². The van der Waals surface area contributed by atoms with E-state index in [0.717, 1.165) is 11.8 Å². The average molecular weight is 457 g/mol. The summed E-state index contributed by atoms with van der Waals surface area (Å²) in [6.07, 6.45) is 2.03. The summed E-state index contributed by atoms with van der Waals surface area (Å²) < 4.78 is 31.1. The Balaban J connectivity index is 1.95. The van der Waals surface area contributed by atoms with Crippen LogP contribution < -0.4 is 10.0 Å². The lowest BCUT2D eigenvalue weighted by atomic mass is 9.73. The molecule has 0 atom stereocenters. The van der Waals surface area contributed by atoms with Crippen LogP contribution in [0, 0.1) is 6.92 Å². The maximum Gasteiger partial charge on any atom is 0.235 e. The van der Waals surface area contributed by atoms with E-state index in [2.05, 4.69) is 10.0 Å². The van der Waals surface area contributed by atoms with E-state index < -0.39 is 15.4 Å². The molecule has 0 aromatic heterocycles. The molecular formula is C20H22Cl2N2O4S. The van der Waals surface area contributed by atoms with Crippen LogP contribution in [0.4, 0.5) is 11.4 Å². The van der Waals surface area contributed by atoms with Gasteiger partial charge >= 0.3 is 0 Å². The summed E-state index contributed by atoms with van der Waals surface area (Å²) in [5.74, 6) is -0.223. The van der Waals surface area contributed by atoms with Gasteiger partial charge in [-0.3, -0.25) is 9.52 Å². The number of hydrogen-bond donors (Lipinski definition) is 2. The maximum atomic E-state index is 13.4. The number of aryl methyl sites for hydroxylation is 1. The van der Waals surface area contributed by atoms with Crippen molar-refractivity contribution in [3.8, 4) is 0 Å². The molecule has 1 amide bonds. The molecule has 2 aromatic rings. The second-order valence-electron chi connectivity index (χ2n) is 7.18. The van der Waals surface area contributed by atoms with Crippen LogP contribution in [0.25, 0.3) is 0 Å². The predicted octanol–water partition coefficient (Wildman–Crippen LogP) is 4.36. The van der Waals surface area contributed by atoms with Crippen LogP contribution in [0.15, 0.2) is 36.4 Å². The van der Waals surface area contributed by atoms with E-state index in [4.69, 9.17) is 27.9 Å². The molecule has 0 unspecified atom stereocenters. The van der Waals surface area contributed by atoms with Crippen LogP contribution in [0.1, 0.15) is 24.0 Å². The normalized spacial score (nSPS) is 16.3. The molecule has 0 radical (unpaired) electrons. The molecule has 0 bridgehead atoms. The Bertz CT molecular complexity index is 1030. The van der Waals surface area contributed by atoms with Crippen molar-refractivity contribution in [2.24, 2.45) is 0 Å². The highest BCUT2D eigenvalue weighted by Crippen LogP contribution is 2.40. The quantitative estimate of drug-likeness (QED) is 0.699. The molecule has 6 nitrogen and oxygen atoms in total. The van der Waals surface area contributed by atoms with E-state index in [9.17, 15) is 13.2 Å². The number of hydrogen-bond acceptors (Lipinski definition) is 4. The molecule has 0 spiro atoms. The molecule has 9 heteroatoms. The lowest BCUT2D eigenvalue weighted by molar-refractivity contribution is -0.125. The molecule has 0 aliphatic carbocycles. The standard InChI is InChI=1S/C20H22Cl2N2O4S/c1-13-3-5-15(12-18(13)24-29(2,26)27)23-19(25)20(7-9-28-10-8-20)16-6-4-14(21)11-17(16)22/h3-6,11-12,24H,7-10H2,1-2H3,(H,23,25). The lowest BCUT2D eigenvalue weighted by Crippen LogP contribution is -2.45. The summed E-state index contributed by atoms with van der Waals surface area (Å²) >= 11 is 12.5.